The second-order valence-electron chi connectivity index (χ2n) is 6.25. The van der Waals surface area contributed by atoms with E-state index in [9.17, 15) is 9.18 Å². The maximum Gasteiger partial charge on any atom is 0.270 e. The standard InChI is InChI=1S/C22H19ClFNO3S2/c1-4-6-14-9-13(10-18(28-5-2)20(14)27-3)11-19-21(26)25(22(29)30-19)15-7-8-17(24)16(23)12-15/h4,7-12H,1,5-6H2,2-3H3/b19-11+. The van der Waals surface area contributed by atoms with Crippen LogP contribution in [0.2, 0.25) is 5.02 Å². The molecule has 1 fully saturated rings. The lowest BCUT2D eigenvalue weighted by Crippen LogP contribution is -2.27. The van der Waals surface area contributed by atoms with E-state index in [0.717, 1.165) is 11.1 Å². The molecule has 0 aromatic heterocycles. The van der Waals surface area contributed by atoms with Crippen molar-refractivity contribution in [3.8, 4) is 11.5 Å². The number of halogens is 2. The fraction of sp³-hybridized carbons (Fsp3) is 0.182. The van der Waals surface area contributed by atoms with Gasteiger partial charge in [-0.05, 0) is 55.3 Å². The summed E-state index contributed by atoms with van der Waals surface area (Å²) in [6, 6.07) is 7.80. The number of rotatable bonds is 7. The van der Waals surface area contributed by atoms with E-state index in [1.54, 1.807) is 19.3 Å². The summed E-state index contributed by atoms with van der Waals surface area (Å²) >= 11 is 12.4. The molecule has 0 bridgehead atoms. The first-order chi connectivity index (χ1) is 14.4. The molecule has 0 saturated carbocycles. The second kappa shape index (κ2) is 9.64. The number of hydrogen-bond acceptors (Lipinski definition) is 5. The van der Waals surface area contributed by atoms with Crippen LogP contribution in [-0.4, -0.2) is 23.9 Å². The van der Waals surface area contributed by atoms with Crippen LogP contribution in [0.15, 0.2) is 47.9 Å². The lowest BCUT2D eigenvalue weighted by molar-refractivity contribution is -0.113. The van der Waals surface area contributed by atoms with E-state index in [1.807, 2.05) is 19.1 Å². The third-order valence-corrected chi connectivity index (χ3v) is 5.87. The number of allylic oxidation sites excluding steroid dienone is 1. The molecule has 30 heavy (non-hydrogen) atoms. The van der Waals surface area contributed by atoms with Gasteiger partial charge in [-0.3, -0.25) is 9.69 Å². The van der Waals surface area contributed by atoms with Crippen molar-refractivity contribution in [1.29, 1.82) is 0 Å². The van der Waals surface area contributed by atoms with Crippen molar-refractivity contribution >= 4 is 57.6 Å². The van der Waals surface area contributed by atoms with Gasteiger partial charge in [-0.1, -0.05) is 41.7 Å². The van der Waals surface area contributed by atoms with Crippen LogP contribution in [0.4, 0.5) is 10.1 Å². The number of nitrogens with zero attached hydrogens (tertiary/aromatic N) is 1. The summed E-state index contributed by atoms with van der Waals surface area (Å²) in [5.41, 5.74) is 2.09. The van der Waals surface area contributed by atoms with Crippen LogP contribution >= 0.6 is 35.6 Å². The molecule has 8 heteroatoms. The predicted octanol–water partition coefficient (Wildman–Crippen LogP) is 6.02. The topological polar surface area (TPSA) is 38.8 Å². The van der Waals surface area contributed by atoms with Crippen molar-refractivity contribution in [2.75, 3.05) is 18.6 Å². The van der Waals surface area contributed by atoms with Gasteiger partial charge in [0.1, 0.15) is 5.82 Å². The Hall–Kier alpha value is -2.35. The quantitative estimate of drug-likeness (QED) is 0.285. The summed E-state index contributed by atoms with van der Waals surface area (Å²) in [6.07, 6.45) is 4.11. The average Bonchev–Trinajstić information content (AvgIpc) is 2.98. The number of amides is 1. The zero-order chi connectivity index (χ0) is 21.8. The van der Waals surface area contributed by atoms with E-state index in [4.69, 9.17) is 33.3 Å². The summed E-state index contributed by atoms with van der Waals surface area (Å²) in [5, 5.41) is -0.0730. The number of thiocarbonyl (C=S) groups is 1. The first-order valence-electron chi connectivity index (χ1n) is 9.07. The summed E-state index contributed by atoms with van der Waals surface area (Å²) in [6.45, 7) is 6.15. The van der Waals surface area contributed by atoms with Gasteiger partial charge in [-0.15, -0.1) is 6.58 Å². The Morgan fingerprint density at radius 1 is 1.33 bits per heavy atom. The molecule has 0 unspecified atom stereocenters. The maximum atomic E-state index is 13.5. The van der Waals surface area contributed by atoms with Gasteiger partial charge in [0.25, 0.3) is 5.91 Å². The predicted molar refractivity (Wildman–Crippen MR) is 125 cm³/mol. The highest BCUT2D eigenvalue weighted by molar-refractivity contribution is 8.27. The second-order valence-corrected chi connectivity index (χ2v) is 8.34. The summed E-state index contributed by atoms with van der Waals surface area (Å²) in [7, 11) is 1.59. The van der Waals surface area contributed by atoms with Crippen molar-refractivity contribution in [2.45, 2.75) is 13.3 Å². The largest absolute Gasteiger partial charge is 0.493 e. The lowest BCUT2D eigenvalue weighted by atomic mass is 10.0. The molecule has 156 valence electrons. The molecule has 0 atom stereocenters. The number of carbonyl (C=O) groups is 1. The number of thioether (sulfide) groups is 1. The molecule has 0 N–H and O–H groups in total. The van der Waals surface area contributed by atoms with Crippen LogP contribution in [0.5, 0.6) is 11.5 Å². The molecule has 1 aliphatic heterocycles. The van der Waals surface area contributed by atoms with Crippen LogP contribution in [0.1, 0.15) is 18.1 Å². The number of hydrogen-bond donors (Lipinski definition) is 0. The Labute approximate surface area is 189 Å². The molecule has 0 aliphatic carbocycles. The van der Waals surface area contributed by atoms with Crippen molar-refractivity contribution < 1.29 is 18.7 Å². The Morgan fingerprint density at radius 2 is 2.10 bits per heavy atom. The van der Waals surface area contributed by atoms with Crippen molar-refractivity contribution in [2.24, 2.45) is 0 Å². The fourth-order valence-electron chi connectivity index (χ4n) is 3.03. The average molecular weight is 464 g/mol. The number of anilines is 1. The van der Waals surface area contributed by atoms with Crippen LogP contribution < -0.4 is 14.4 Å². The third kappa shape index (κ3) is 4.53. The molecule has 2 aromatic carbocycles. The van der Waals surface area contributed by atoms with Crippen molar-refractivity contribution in [3.63, 3.8) is 0 Å². The highest BCUT2D eigenvalue weighted by Gasteiger charge is 2.33. The smallest absolute Gasteiger partial charge is 0.270 e. The Morgan fingerprint density at radius 3 is 2.73 bits per heavy atom. The first-order valence-corrected chi connectivity index (χ1v) is 10.7. The van der Waals surface area contributed by atoms with Gasteiger partial charge in [0, 0.05) is 5.56 Å². The van der Waals surface area contributed by atoms with E-state index in [-0.39, 0.29) is 10.9 Å². The molecule has 0 radical (unpaired) electrons. The molecule has 0 spiro atoms. The van der Waals surface area contributed by atoms with Gasteiger partial charge < -0.3 is 9.47 Å². The van der Waals surface area contributed by atoms with Crippen molar-refractivity contribution in [1.82, 2.24) is 0 Å². The monoisotopic (exact) mass is 463 g/mol. The first kappa shape index (κ1) is 22.3. The minimum Gasteiger partial charge on any atom is -0.493 e. The minimum atomic E-state index is -0.558. The molecule has 3 rings (SSSR count). The highest BCUT2D eigenvalue weighted by atomic mass is 35.5. The van der Waals surface area contributed by atoms with Gasteiger partial charge in [0.05, 0.1) is 29.3 Å². The fourth-order valence-corrected chi connectivity index (χ4v) is 4.51. The zero-order valence-electron chi connectivity index (χ0n) is 16.4. The lowest BCUT2D eigenvalue weighted by Gasteiger charge is -2.15. The summed E-state index contributed by atoms with van der Waals surface area (Å²) in [4.78, 5) is 14.8. The Bertz CT molecular complexity index is 1050. The normalized spacial score (nSPS) is 15.1. The molecule has 4 nitrogen and oxygen atoms in total. The summed E-state index contributed by atoms with van der Waals surface area (Å²) in [5.74, 6) is 0.373. The molecule has 2 aromatic rings. The SMILES string of the molecule is C=CCc1cc(/C=C2/SC(=S)N(c3ccc(F)c(Cl)c3)C2=O)cc(OCC)c1OC. The molecule has 1 saturated heterocycles. The zero-order valence-corrected chi connectivity index (χ0v) is 18.8. The molecule has 1 aliphatic rings. The van der Waals surface area contributed by atoms with Gasteiger partial charge >= 0.3 is 0 Å². The van der Waals surface area contributed by atoms with E-state index in [1.165, 1.54) is 34.9 Å². The van der Waals surface area contributed by atoms with Crippen molar-refractivity contribution in [3.05, 3.63) is 69.9 Å². The number of benzene rings is 2. The van der Waals surface area contributed by atoms with E-state index >= 15 is 0 Å². The van der Waals surface area contributed by atoms with Crippen LogP contribution in [-0.2, 0) is 11.2 Å². The maximum absolute atomic E-state index is 13.5. The van der Waals surface area contributed by atoms with Gasteiger partial charge in [-0.25, -0.2) is 4.39 Å². The third-order valence-electron chi connectivity index (χ3n) is 4.28. The van der Waals surface area contributed by atoms with E-state index in [2.05, 4.69) is 6.58 Å². The molecule has 1 amide bonds. The number of carbonyl (C=O) groups excluding carboxylic acids is 1. The van der Waals surface area contributed by atoms with Crippen LogP contribution in [0.3, 0.4) is 0 Å². The van der Waals surface area contributed by atoms with E-state index in [0.29, 0.717) is 39.4 Å². The van der Waals surface area contributed by atoms with E-state index < -0.39 is 5.82 Å². The van der Waals surface area contributed by atoms with Gasteiger partial charge in [0.15, 0.2) is 15.8 Å². The minimum absolute atomic E-state index is 0.0730. The molecular formula is C22H19ClFNO3S2. The van der Waals surface area contributed by atoms with Gasteiger partial charge in [-0.2, -0.15) is 0 Å². The number of methoxy groups -OCH3 is 1. The Balaban J connectivity index is 2.00. The van der Waals surface area contributed by atoms with Crippen LogP contribution in [0.25, 0.3) is 6.08 Å². The molecular weight excluding hydrogens is 445 g/mol. The number of ether oxygens (including phenoxy) is 2. The highest BCUT2D eigenvalue weighted by Crippen LogP contribution is 2.39. The Kier molecular flexibility index (Phi) is 7.18. The molecule has 1 heterocycles. The van der Waals surface area contributed by atoms with Gasteiger partial charge in [0.2, 0.25) is 0 Å². The summed E-state index contributed by atoms with van der Waals surface area (Å²) < 4.78 is 25.1. The van der Waals surface area contributed by atoms with Crippen LogP contribution in [0, 0.1) is 5.82 Å².